The van der Waals surface area contributed by atoms with E-state index in [1.807, 2.05) is 19.2 Å². The van der Waals surface area contributed by atoms with Crippen molar-refractivity contribution in [1.29, 1.82) is 0 Å². The van der Waals surface area contributed by atoms with Crippen molar-refractivity contribution >= 4 is 27.0 Å². The highest BCUT2D eigenvalue weighted by molar-refractivity contribution is 7.89. The molecule has 7 heteroatoms. The van der Waals surface area contributed by atoms with Crippen LogP contribution in [-0.2, 0) is 22.9 Å². The number of benzene rings is 1. The van der Waals surface area contributed by atoms with Crippen molar-refractivity contribution < 1.29 is 8.42 Å². The van der Waals surface area contributed by atoms with E-state index in [0.717, 1.165) is 22.7 Å². The van der Waals surface area contributed by atoms with Crippen molar-refractivity contribution in [2.75, 3.05) is 12.3 Å². The molecule has 0 amide bonds. The van der Waals surface area contributed by atoms with E-state index >= 15 is 0 Å². The smallest absolute Gasteiger partial charge is 0.240 e. The molecule has 0 aliphatic heterocycles. The molecule has 1 aromatic heterocycles. The van der Waals surface area contributed by atoms with Gasteiger partial charge in [0.15, 0.2) is 0 Å². The molecule has 0 fully saturated rings. The summed E-state index contributed by atoms with van der Waals surface area (Å²) in [6.07, 6.45) is 1.36. The lowest BCUT2D eigenvalue weighted by molar-refractivity contribution is 0.581. The SMILES string of the molecule is CCc1ccc(S(=O)(=O)NCCc2csc(C)n2)cc1N. The summed E-state index contributed by atoms with van der Waals surface area (Å²) >= 11 is 1.56. The number of anilines is 1. The number of rotatable bonds is 6. The lowest BCUT2D eigenvalue weighted by atomic mass is 10.1. The molecule has 5 nitrogen and oxygen atoms in total. The number of aryl methyl sites for hydroxylation is 2. The highest BCUT2D eigenvalue weighted by Gasteiger charge is 2.14. The first-order chi connectivity index (χ1) is 9.92. The van der Waals surface area contributed by atoms with E-state index in [2.05, 4.69) is 9.71 Å². The van der Waals surface area contributed by atoms with Crippen LogP contribution in [0.3, 0.4) is 0 Å². The number of aromatic nitrogens is 1. The molecule has 0 bridgehead atoms. The number of thiazole rings is 1. The van der Waals surface area contributed by atoms with Gasteiger partial charge in [-0.2, -0.15) is 0 Å². The number of nitrogens with zero attached hydrogens (tertiary/aromatic N) is 1. The lowest BCUT2D eigenvalue weighted by Crippen LogP contribution is -2.26. The van der Waals surface area contributed by atoms with Gasteiger partial charge in [0, 0.05) is 24.0 Å². The highest BCUT2D eigenvalue weighted by Crippen LogP contribution is 2.18. The number of hydrogen-bond acceptors (Lipinski definition) is 5. The molecule has 0 unspecified atom stereocenters. The Labute approximate surface area is 129 Å². The standard InChI is InChI=1S/C14H19N3O2S2/c1-3-11-4-5-13(8-14(11)15)21(18,19)16-7-6-12-9-20-10(2)17-12/h4-5,8-9,16H,3,6-7,15H2,1-2H3. The summed E-state index contributed by atoms with van der Waals surface area (Å²) in [6.45, 7) is 4.23. The predicted octanol–water partition coefficient (Wildman–Crippen LogP) is 2.12. The van der Waals surface area contributed by atoms with Crippen molar-refractivity contribution in [3.8, 4) is 0 Å². The number of nitrogens with two attached hydrogens (primary N) is 1. The molecule has 114 valence electrons. The fourth-order valence-electron chi connectivity index (χ4n) is 1.98. The fourth-order valence-corrected chi connectivity index (χ4v) is 3.70. The van der Waals surface area contributed by atoms with Gasteiger partial charge in [-0.25, -0.2) is 18.1 Å². The van der Waals surface area contributed by atoms with Gasteiger partial charge in [-0.1, -0.05) is 13.0 Å². The topological polar surface area (TPSA) is 85.1 Å². The summed E-state index contributed by atoms with van der Waals surface area (Å²) in [5.41, 5.74) is 8.21. The van der Waals surface area contributed by atoms with Crippen LogP contribution in [0.1, 0.15) is 23.2 Å². The molecule has 0 saturated heterocycles. The van der Waals surface area contributed by atoms with Gasteiger partial charge in [0.1, 0.15) is 0 Å². The normalized spacial score (nSPS) is 11.7. The van der Waals surface area contributed by atoms with Gasteiger partial charge < -0.3 is 5.73 Å². The van der Waals surface area contributed by atoms with Crippen LogP contribution in [0.5, 0.6) is 0 Å². The van der Waals surface area contributed by atoms with Gasteiger partial charge in [-0.05, 0) is 31.0 Å². The first-order valence-electron chi connectivity index (χ1n) is 6.71. The zero-order chi connectivity index (χ0) is 15.5. The third-order valence-electron chi connectivity index (χ3n) is 3.15. The van der Waals surface area contributed by atoms with E-state index in [1.54, 1.807) is 23.5 Å². The van der Waals surface area contributed by atoms with Crippen LogP contribution in [0, 0.1) is 6.92 Å². The maximum absolute atomic E-state index is 12.2. The second-order valence-corrected chi connectivity index (χ2v) is 7.55. The summed E-state index contributed by atoms with van der Waals surface area (Å²) in [7, 11) is -3.53. The van der Waals surface area contributed by atoms with Crippen LogP contribution < -0.4 is 10.5 Å². The van der Waals surface area contributed by atoms with Gasteiger partial charge in [-0.3, -0.25) is 0 Å². The molecule has 0 saturated carbocycles. The van der Waals surface area contributed by atoms with E-state index < -0.39 is 10.0 Å². The lowest BCUT2D eigenvalue weighted by Gasteiger charge is -2.09. The third-order valence-corrected chi connectivity index (χ3v) is 5.43. The third kappa shape index (κ3) is 4.03. The summed E-state index contributed by atoms with van der Waals surface area (Å²) in [6, 6.07) is 4.85. The summed E-state index contributed by atoms with van der Waals surface area (Å²) < 4.78 is 27.0. The molecular formula is C14H19N3O2S2. The maximum atomic E-state index is 12.2. The average molecular weight is 325 g/mol. The predicted molar refractivity (Wildman–Crippen MR) is 86.0 cm³/mol. The quantitative estimate of drug-likeness (QED) is 0.797. The maximum Gasteiger partial charge on any atom is 0.240 e. The average Bonchev–Trinajstić information content (AvgIpc) is 2.84. The fraction of sp³-hybridized carbons (Fsp3) is 0.357. The van der Waals surface area contributed by atoms with Gasteiger partial charge in [-0.15, -0.1) is 11.3 Å². The molecule has 3 N–H and O–H groups in total. The number of nitrogen functional groups attached to an aromatic ring is 1. The van der Waals surface area contributed by atoms with Crippen molar-refractivity contribution in [3.05, 3.63) is 39.8 Å². The van der Waals surface area contributed by atoms with E-state index in [0.29, 0.717) is 18.7 Å². The Kier molecular flexibility index (Phi) is 4.97. The first kappa shape index (κ1) is 15.9. The second kappa shape index (κ2) is 6.55. The molecule has 0 aliphatic rings. The van der Waals surface area contributed by atoms with Crippen LogP contribution in [-0.4, -0.2) is 19.9 Å². The van der Waals surface area contributed by atoms with Crippen LogP contribution in [0.2, 0.25) is 0 Å². The van der Waals surface area contributed by atoms with Crippen molar-refractivity contribution in [2.24, 2.45) is 0 Å². The summed E-state index contributed by atoms with van der Waals surface area (Å²) in [4.78, 5) is 4.50. The Hall–Kier alpha value is -1.44. The molecular weight excluding hydrogens is 306 g/mol. The largest absolute Gasteiger partial charge is 0.398 e. The summed E-state index contributed by atoms with van der Waals surface area (Å²) in [5.74, 6) is 0. The molecule has 2 aromatic rings. The monoisotopic (exact) mass is 325 g/mol. The van der Waals surface area contributed by atoms with Crippen LogP contribution >= 0.6 is 11.3 Å². The molecule has 1 aromatic carbocycles. The Morgan fingerprint density at radius 3 is 2.71 bits per heavy atom. The van der Waals surface area contributed by atoms with Gasteiger partial charge in [0.2, 0.25) is 10.0 Å². The molecule has 21 heavy (non-hydrogen) atoms. The number of sulfonamides is 1. The molecule has 0 spiro atoms. The molecule has 0 radical (unpaired) electrons. The van der Waals surface area contributed by atoms with Crippen molar-refractivity contribution in [1.82, 2.24) is 9.71 Å². The van der Waals surface area contributed by atoms with Gasteiger partial charge >= 0.3 is 0 Å². The van der Waals surface area contributed by atoms with Crippen LogP contribution in [0.25, 0.3) is 0 Å². The second-order valence-electron chi connectivity index (χ2n) is 4.72. The number of nitrogens with one attached hydrogen (secondary N) is 1. The molecule has 0 atom stereocenters. The molecule has 2 rings (SSSR count). The molecule has 1 heterocycles. The summed E-state index contributed by atoms with van der Waals surface area (Å²) in [5, 5.41) is 2.92. The minimum atomic E-state index is -3.53. The van der Waals surface area contributed by atoms with E-state index in [1.165, 1.54) is 6.07 Å². The van der Waals surface area contributed by atoms with Gasteiger partial charge in [0.25, 0.3) is 0 Å². The van der Waals surface area contributed by atoms with Crippen molar-refractivity contribution in [3.63, 3.8) is 0 Å². The van der Waals surface area contributed by atoms with E-state index in [4.69, 9.17) is 5.73 Å². The van der Waals surface area contributed by atoms with E-state index in [9.17, 15) is 8.42 Å². The number of hydrogen-bond donors (Lipinski definition) is 2. The molecule has 0 aliphatic carbocycles. The van der Waals surface area contributed by atoms with Crippen LogP contribution in [0.4, 0.5) is 5.69 Å². The van der Waals surface area contributed by atoms with Gasteiger partial charge in [0.05, 0.1) is 15.6 Å². The van der Waals surface area contributed by atoms with E-state index in [-0.39, 0.29) is 4.90 Å². The Morgan fingerprint density at radius 2 is 2.14 bits per heavy atom. The zero-order valence-electron chi connectivity index (χ0n) is 12.1. The zero-order valence-corrected chi connectivity index (χ0v) is 13.7. The Bertz CT molecular complexity index is 724. The van der Waals surface area contributed by atoms with Crippen LogP contribution in [0.15, 0.2) is 28.5 Å². The Morgan fingerprint density at radius 1 is 1.38 bits per heavy atom. The van der Waals surface area contributed by atoms with Crippen molar-refractivity contribution in [2.45, 2.75) is 31.6 Å². The minimum Gasteiger partial charge on any atom is -0.398 e. The highest BCUT2D eigenvalue weighted by atomic mass is 32.2. The minimum absolute atomic E-state index is 0.201. The Balaban J connectivity index is 2.02. The first-order valence-corrected chi connectivity index (χ1v) is 9.07.